The van der Waals surface area contributed by atoms with Crippen LogP contribution in [0.5, 0.6) is 0 Å². The van der Waals surface area contributed by atoms with Crippen molar-refractivity contribution in [2.45, 2.75) is 52.5 Å². The van der Waals surface area contributed by atoms with Crippen LogP contribution in [0.3, 0.4) is 0 Å². The number of furan rings is 1. The lowest BCUT2D eigenvalue weighted by atomic mass is 9.83. The normalized spacial score (nSPS) is 25.1. The van der Waals surface area contributed by atoms with Gasteiger partial charge in [-0.15, -0.1) is 0 Å². The van der Waals surface area contributed by atoms with Gasteiger partial charge in [0.15, 0.2) is 0 Å². The third-order valence-electron chi connectivity index (χ3n) is 3.93. The molecular formula is C15H25NO. The molecule has 0 unspecified atom stereocenters. The van der Waals surface area contributed by atoms with Crippen molar-refractivity contribution < 1.29 is 4.42 Å². The van der Waals surface area contributed by atoms with Crippen LogP contribution in [0.25, 0.3) is 0 Å². The first kappa shape index (κ1) is 12.7. The van der Waals surface area contributed by atoms with Gasteiger partial charge in [-0.25, -0.2) is 0 Å². The summed E-state index contributed by atoms with van der Waals surface area (Å²) in [5.41, 5.74) is 0. The summed E-state index contributed by atoms with van der Waals surface area (Å²) in [6, 6.07) is 4.17. The Morgan fingerprint density at radius 1 is 1.18 bits per heavy atom. The molecule has 1 heterocycles. The lowest BCUT2D eigenvalue weighted by Gasteiger charge is -2.26. The highest BCUT2D eigenvalue weighted by Crippen LogP contribution is 2.27. The molecule has 17 heavy (non-hydrogen) atoms. The minimum absolute atomic E-state index is 0.881. The molecule has 96 valence electrons. The fraction of sp³-hybridized carbons (Fsp3) is 0.733. The predicted octanol–water partition coefficient (Wildman–Crippen LogP) is 3.76. The minimum Gasteiger partial charge on any atom is -0.465 e. The first-order valence-electron chi connectivity index (χ1n) is 7.06. The number of hydrogen-bond acceptors (Lipinski definition) is 2. The van der Waals surface area contributed by atoms with Crippen molar-refractivity contribution in [2.75, 3.05) is 6.54 Å². The van der Waals surface area contributed by atoms with Gasteiger partial charge in [0, 0.05) is 6.42 Å². The highest BCUT2D eigenvalue weighted by atomic mass is 16.3. The molecular weight excluding hydrogens is 210 g/mol. The van der Waals surface area contributed by atoms with E-state index in [2.05, 4.69) is 31.3 Å². The van der Waals surface area contributed by atoms with Crippen LogP contribution < -0.4 is 5.32 Å². The first-order chi connectivity index (χ1) is 8.28. The number of nitrogens with one attached hydrogen (secondary N) is 1. The lowest BCUT2D eigenvalue weighted by Crippen LogP contribution is -2.25. The van der Waals surface area contributed by atoms with Crippen molar-refractivity contribution in [2.24, 2.45) is 11.8 Å². The molecule has 2 nitrogen and oxygen atoms in total. The minimum atomic E-state index is 0.881. The molecule has 0 bridgehead atoms. The summed E-state index contributed by atoms with van der Waals surface area (Å²) in [5.74, 6) is 3.99. The molecule has 1 N–H and O–H groups in total. The molecule has 1 aromatic heterocycles. The van der Waals surface area contributed by atoms with Gasteiger partial charge in [0.2, 0.25) is 0 Å². The van der Waals surface area contributed by atoms with Crippen molar-refractivity contribution in [3.05, 3.63) is 23.7 Å². The molecule has 0 radical (unpaired) electrons. The van der Waals surface area contributed by atoms with Crippen molar-refractivity contribution in [3.8, 4) is 0 Å². The van der Waals surface area contributed by atoms with Gasteiger partial charge in [0.1, 0.15) is 11.5 Å². The van der Waals surface area contributed by atoms with Crippen molar-refractivity contribution in [1.82, 2.24) is 5.32 Å². The molecule has 0 amide bonds. The molecule has 0 saturated heterocycles. The van der Waals surface area contributed by atoms with Crippen LogP contribution in [-0.2, 0) is 13.0 Å². The van der Waals surface area contributed by atoms with E-state index in [-0.39, 0.29) is 0 Å². The SMILES string of the molecule is CCc1ccc(CNCC2CCC(C)CC2)o1. The maximum atomic E-state index is 5.68. The van der Waals surface area contributed by atoms with Crippen LogP contribution in [-0.4, -0.2) is 6.54 Å². The quantitative estimate of drug-likeness (QED) is 0.840. The third kappa shape index (κ3) is 3.88. The van der Waals surface area contributed by atoms with Crippen LogP contribution >= 0.6 is 0 Å². The van der Waals surface area contributed by atoms with E-state index < -0.39 is 0 Å². The summed E-state index contributed by atoms with van der Waals surface area (Å²) >= 11 is 0. The molecule has 1 aliphatic rings. The van der Waals surface area contributed by atoms with E-state index in [0.29, 0.717) is 0 Å². The number of hydrogen-bond donors (Lipinski definition) is 1. The van der Waals surface area contributed by atoms with Gasteiger partial charge in [0.05, 0.1) is 6.54 Å². The molecule has 2 rings (SSSR count). The predicted molar refractivity (Wildman–Crippen MR) is 70.9 cm³/mol. The maximum Gasteiger partial charge on any atom is 0.117 e. The Bertz CT molecular complexity index is 323. The molecule has 0 aliphatic heterocycles. The van der Waals surface area contributed by atoms with E-state index in [4.69, 9.17) is 4.42 Å². The zero-order chi connectivity index (χ0) is 12.1. The van der Waals surface area contributed by atoms with Crippen molar-refractivity contribution in [3.63, 3.8) is 0 Å². The number of rotatable bonds is 5. The molecule has 0 spiro atoms. The topological polar surface area (TPSA) is 25.2 Å². The van der Waals surface area contributed by atoms with Crippen LogP contribution in [0.4, 0.5) is 0 Å². The van der Waals surface area contributed by atoms with Crippen LogP contribution in [0.15, 0.2) is 16.5 Å². The van der Waals surface area contributed by atoms with Gasteiger partial charge in [-0.3, -0.25) is 0 Å². The van der Waals surface area contributed by atoms with Gasteiger partial charge in [-0.05, 0) is 43.4 Å². The summed E-state index contributed by atoms with van der Waals surface area (Å²) in [6.45, 7) is 6.53. The Kier molecular flexibility index (Phi) is 4.66. The second-order valence-corrected chi connectivity index (χ2v) is 5.48. The summed E-state index contributed by atoms with van der Waals surface area (Å²) in [4.78, 5) is 0. The second kappa shape index (κ2) is 6.25. The van der Waals surface area contributed by atoms with Gasteiger partial charge in [0.25, 0.3) is 0 Å². The largest absolute Gasteiger partial charge is 0.465 e. The zero-order valence-corrected chi connectivity index (χ0v) is 11.2. The molecule has 2 heteroatoms. The molecule has 1 saturated carbocycles. The molecule has 1 fully saturated rings. The van der Waals surface area contributed by atoms with E-state index in [1.807, 2.05) is 0 Å². The highest BCUT2D eigenvalue weighted by Gasteiger charge is 2.17. The Morgan fingerprint density at radius 2 is 1.88 bits per heavy atom. The third-order valence-corrected chi connectivity index (χ3v) is 3.93. The van der Waals surface area contributed by atoms with Crippen molar-refractivity contribution >= 4 is 0 Å². The molecule has 0 atom stereocenters. The zero-order valence-electron chi connectivity index (χ0n) is 11.2. The summed E-state index contributed by atoms with van der Waals surface area (Å²) in [7, 11) is 0. The maximum absolute atomic E-state index is 5.68. The van der Waals surface area contributed by atoms with E-state index in [0.717, 1.165) is 42.9 Å². The van der Waals surface area contributed by atoms with Gasteiger partial charge >= 0.3 is 0 Å². The summed E-state index contributed by atoms with van der Waals surface area (Å²) in [5, 5.41) is 3.53. The average Bonchev–Trinajstić information content (AvgIpc) is 2.80. The fourth-order valence-corrected chi connectivity index (χ4v) is 2.64. The van der Waals surface area contributed by atoms with Gasteiger partial charge < -0.3 is 9.73 Å². The van der Waals surface area contributed by atoms with E-state index in [9.17, 15) is 0 Å². The van der Waals surface area contributed by atoms with Crippen LogP contribution in [0.2, 0.25) is 0 Å². The second-order valence-electron chi connectivity index (χ2n) is 5.48. The Hall–Kier alpha value is -0.760. The van der Waals surface area contributed by atoms with E-state index >= 15 is 0 Å². The lowest BCUT2D eigenvalue weighted by molar-refractivity contribution is 0.279. The average molecular weight is 235 g/mol. The monoisotopic (exact) mass is 235 g/mol. The van der Waals surface area contributed by atoms with Crippen LogP contribution in [0.1, 0.15) is 51.1 Å². The standard InChI is InChI=1S/C15H25NO/c1-3-14-8-9-15(17-14)11-16-10-13-6-4-12(2)5-7-13/h8-9,12-13,16H,3-7,10-11H2,1-2H3. The Labute approximate surface area is 105 Å². The summed E-state index contributed by atoms with van der Waals surface area (Å²) < 4.78 is 5.68. The smallest absolute Gasteiger partial charge is 0.117 e. The van der Waals surface area contributed by atoms with Crippen molar-refractivity contribution in [1.29, 1.82) is 0 Å². The van der Waals surface area contributed by atoms with E-state index in [1.165, 1.54) is 25.7 Å². The Morgan fingerprint density at radius 3 is 2.53 bits per heavy atom. The first-order valence-corrected chi connectivity index (χ1v) is 7.06. The van der Waals surface area contributed by atoms with Gasteiger partial charge in [-0.1, -0.05) is 26.7 Å². The highest BCUT2D eigenvalue weighted by molar-refractivity contribution is 5.06. The molecule has 1 aromatic rings. The Balaban J connectivity index is 1.65. The van der Waals surface area contributed by atoms with E-state index in [1.54, 1.807) is 0 Å². The number of aryl methyl sites for hydroxylation is 1. The molecule has 1 aliphatic carbocycles. The fourth-order valence-electron chi connectivity index (χ4n) is 2.64. The summed E-state index contributed by atoms with van der Waals surface area (Å²) in [6.07, 6.45) is 6.60. The molecule has 0 aromatic carbocycles. The van der Waals surface area contributed by atoms with Gasteiger partial charge in [-0.2, -0.15) is 0 Å². The van der Waals surface area contributed by atoms with Crippen LogP contribution in [0, 0.1) is 11.8 Å².